The highest BCUT2D eigenvalue weighted by Gasteiger charge is 2.27. The van der Waals surface area contributed by atoms with Crippen LogP contribution in [0.1, 0.15) is 18.6 Å². The summed E-state index contributed by atoms with van der Waals surface area (Å²) in [5.41, 5.74) is 0.948. The van der Waals surface area contributed by atoms with E-state index in [4.69, 9.17) is 9.47 Å². The largest absolute Gasteiger partial charge is 0.375 e. The number of rotatable bonds is 3. The highest BCUT2D eigenvalue weighted by atomic mass is 19.1. The standard InChI is InChI=1S/C17H23FN2O3/c1-13-10-20(7-9-22-13)17(21)12-19-6-8-23-16(11-19)14-2-4-15(18)5-3-14/h2-5,13,16H,6-12H2,1H3. The topological polar surface area (TPSA) is 42.0 Å². The zero-order valence-corrected chi connectivity index (χ0v) is 13.4. The van der Waals surface area contributed by atoms with Crippen molar-refractivity contribution in [3.05, 3.63) is 35.6 Å². The third-order valence-electron chi connectivity index (χ3n) is 4.35. The van der Waals surface area contributed by atoms with Crippen LogP contribution in [0.25, 0.3) is 0 Å². The van der Waals surface area contributed by atoms with Crippen LogP contribution in [0.3, 0.4) is 0 Å². The summed E-state index contributed by atoms with van der Waals surface area (Å²) in [4.78, 5) is 16.4. The van der Waals surface area contributed by atoms with Crippen molar-refractivity contribution in [2.45, 2.75) is 19.1 Å². The Labute approximate surface area is 136 Å². The van der Waals surface area contributed by atoms with Gasteiger partial charge in [-0.3, -0.25) is 9.69 Å². The average molecular weight is 322 g/mol. The highest BCUT2D eigenvalue weighted by molar-refractivity contribution is 5.78. The van der Waals surface area contributed by atoms with Crippen molar-refractivity contribution in [2.24, 2.45) is 0 Å². The predicted molar refractivity (Wildman–Crippen MR) is 83.5 cm³/mol. The number of halogens is 1. The fraction of sp³-hybridized carbons (Fsp3) is 0.588. The maximum atomic E-state index is 13.0. The van der Waals surface area contributed by atoms with E-state index in [1.807, 2.05) is 11.8 Å². The minimum Gasteiger partial charge on any atom is -0.375 e. The molecular formula is C17H23FN2O3. The van der Waals surface area contributed by atoms with Gasteiger partial charge >= 0.3 is 0 Å². The fourth-order valence-electron chi connectivity index (χ4n) is 3.06. The van der Waals surface area contributed by atoms with E-state index in [1.165, 1.54) is 12.1 Å². The molecule has 2 unspecified atom stereocenters. The lowest BCUT2D eigenvalue weighted by Gasteiger charge is -2.36. The van der Waals surface area contributed by atoms with Crippen LogP contribution in [-0.2, 0) is 14.3 Å². The zero-order valence-electron chi connectivity index (χ0n) is 13.4. The molecule has 2 atom stereocenters. The second-order valence-electron chi connectivity index (χ2n) is 6.17. The van der Waals surface area contributed by atoms with Gasteiger partial charge in [-0.25, -0.2) is 4.39 Å². The number of amides is 1. The molecule has 6 heteroatoms. The first-order valence-electron chi connectivity index (χ1n) is 8.10. The van der Waals surface area contributed by atoms with Gasteiger partial charge < -0.3 is 14.4 Å². The Morgan fingerprint density at radius 3 is 2.65 bits per heavy atom. The molecule has 3 rings (SSSR count). The van der Waals surface area contributed by atoms with Gasteiger partial charge in [-0.1, -0.05) is 12.1 Å². The van der Waals surface area contributed by atoms with Gasteiger partial charge in [-0.2, -0.15) is 0 Å². The minimum absolute atomic E-state index is 0.101. The number of morpholine rings is 2. The lowest BCUT2D eigenvalue weighted by molar-refractivity contribution is -0.141. The molecule has 0 radical (unpaired) electrons. The molecule has 2 fully saturated rings. The number of hydrogen-bond donors (Lipinski definition) is 0. The van der Waals surface area contributed by atoms with Crippen molar-refractivity contribution >= 4 is 5.91 Å². The van der Waals surface area contributed by atoms with Crippen LogP contribution in [0, 0.1) is 5.82 Å². The third kappa shape index (κ3) is 4.28. The Hall–Kier alpha value is -1.50. The summed E-state index contributed by atoms with van der Waals surface area (Å²) in [6, 6.07) is 6.37. The van der Waals surface area contributed by atoms with Gasteiger partial charge in [0, 0.05) is 26.2 Å². The van der Waals surface area contributed by atoms with Gasteiger partial charge in [0.15, 0.2) is 0 Å². The third-order valence-corrected chi connectivity index (χ3v) is 4.35. The van der Waals surface area contributed by atoms with Crippen LogP contribution < -0.4 is 0 Å². The Morgan fingerprint density at radius 2 is 1.91 bits per heavy atom. The first-order chi connectivity index (χ1) is 11.1. The first-order valence-corrected chi connectivity index (χ1v) is 8.10. The molecule has 1 aromatic rings. The molecule has 0 N–H and O–H groups in total. The van der Waals surface area contributed by atoms with E-state index in [9.17, 15) is 9.18 Å². The quantitative estimate of drug-likeness (QED) is 0.845. The van der Waals surface area contributed by atoms with Crippen molar-refractivity contribution in [2.75, 3.05) is 45.9 Å². The smallest absolute Gasteiger partial charge is 0.236 e. The Balaban J connectivity index is 1.56. The molecule has 126 valence electrons. The summed E-state index contributed by atoms with van der Waals surface area (Å²) < 4.78 is 24.3. The van der Waals surface area contributed by atoms with Crippen LogP contribution >= 0.6 is 0 Å². The number of carbonyl (C=O) groups is 1. The monoisotopic (exact) mass is 322 g/mol. The Bertz CT molecular complexity index is 537. The highest BCUT2D eigenvalue weighted by Crippen LogP contribution is 2.22. The van der Waals surface area contributed by atoms with E-state index in [0.717, 1.165) is 12.1 Å². The van der Waals surface area contributed by atoms with E-state index >= 15 is 0 Å². The molecule has 0 aliphatic carbocycles. The lowest BCUT2D eigenvalue weighted by atomic mass is 10.1. The molecule has 5 nitrogen and oxygen atoms in total. The molecule has 2 heterocycles. The van der Waals surface area contributed by atoms with Crippen molar-refractivity contribution in [3.63, 3.8) is 0 Å². The van der Waals surface area contributed by atoms with Crippen LogP contribution in [0.15, 0.2) is 24.3 Å². The molecule has 1 amide bonds. The minimum atomic E-state index is -0.252. The van der Waals surface area contributed by atoms with Gasteiger partial charge in [-0.15, -0.1) is 0 Å². The zero-order chi connectivity index (χ0) is 16.2. The van der Waals surface area contributed by atoms with Gasteiger partial charge in [0.05, 0.1) is 32.0 Å². The molecular weight excluding hydrogens is 299 g/mol. The summed E-state index contributed by atoms with van der Waals surface area (Å²) >= 11 is 0. The van der Waals surface area contributed by atoms with Gasteiger partial charge in [0.1, 0.15) is 5.82 Å². The van der Waals surface area contributed by atoms with Crippen molar-refractivity contribution in [1.29, 1.82) is 0 Å². The number of benzene rings is 1. The Morgan fingerprint density at radius 1 is 1.17 bits per heavy atom. The molecule has 2 aliphatic heterocycles. The lowest BCUT2D eigenvalue weighted by Crippen LogP contribution is -2.50. The molecule has 1 aromatic carbocycles. The fourth-order valence-corrected chi connectivity index (χ4v) is 3.06. The summed E-state index contributed by atoms with van der Waals surface area (Å²) in [6.07, 6.45) is -0.00915. The summed E-state index contributed by atoms with van der Waals surface area (Å²) in [6.45, 7) is 6.27. The number of carbonyl (C=O) groups excluding carboxylic acids is 1. The average Bonchev–Trinajstić information content (AvgIpc) is 2.56. The van der Waals surface area contributed by atoms with E-state index in [0.29, 0.717) is 39.4 Å². The SMILES string of the molecule is CC1CN(C(=O)CN2CCOC(c3ccc(F)cc3)C2)CCO1. The van der Waals surface area contributed by atoms with Crippen LogP contribution in [0.2, 0.25) is 0 Å². The number of nitrogens with zero attached hydrogens (tertiary/aromatic N) is 2. The molecule has 0 aromatic heterocycles. The van der Waals surface area contributed by atoms with Gasteiger partial charge in [0.2, 0.25) is 5.91 Å². The summed E-state index contributed by atoms with van der Waals surface area (Å²) in [5.74, 6) is -0.113. The predicted octanol–water partition coefficient (Wildman–Crippen LogP) is 1.45. The van der Waals surface area contributed by atoms with E-state index in [-0.39, 0.29) is 23.9 Å². The summed E-state index contributed by atoms with van der Waals surface area (Å²) in [5, 5.41) is 0. The maximum absolute atomic E-state index is 13.0. The van der Waals surface area contributed by atoms with E-state index in [1.54, 1.807) is 12.1 Å². The summed E-state index contributed by atoms with van der Waals surface area (Å²) in [7, 11) is 0. The van der Waals surface area contributed by atoms with Crippen LogP contribution in [0.5, 0.6) is 0 Å². The van der Waals surface area contributed by atoms with Crippen molar-refractivity contribution < 1.29 is 18.7 Å². The van der Waals surface area contributed by atoms with Crippen LogP contribution in [0.4, 0.5) is 4.39 Å². The van der Waals surface area contributed by atoms with E-state index in [2.05, 4.69) is 4.90 Å². The maximum Gasteiger partial charge on any atom is 0.236 e. The van der Waals surface area contributed by atoms with Gasteiger partial charge in [-0.05, 0) is 24.6 Å². The molecule has 0 saturated carbocycles. The number of ether oxygens (including phenoxy) is 2. The number of hydrogen-bond acceptors (Lipinski definition) is 4. The second kappa shape index (κ2) is 7.38. The Kier molecular flexibility index (Phi) is 5.25. The molecule has 2 aliphatic rings. The van der Waals surface area contributed by atoms with Crippen molar-refractivity contribution in [3.8, 4) is 0 Å². The first kappa shape index (κ1) is 16.4. The van der Waals surface area contributed by atoms with E-state index < -0.39 is 0 Å². The van der Waals surface area contributed by atoms with Crippen molar-refractivity contribution in [1.82, 2.24) is 9.80 Å². The molecule has 23 heavy (non-hydrogen) atoms. The molecule has 0 bridgehead atoms. The normalized spacial score (nSPS) is 26.3. The molecule has 2 saturated heterocycles. The molecule has 0 spiro atoms. The second-order valence-corrected chi connectivity index (χ2v) is 6.17. The van der Waals surface area contributed by atoms with Gasteiger partial charge in [0.25, 0.3) is 0 Å². The van der Waals surface area contributed by atoms with Crippen LogP contribution in [-0.4, -0.2) is 67.7 Å².